The Labute approximate surface area is 196 Å². The Morgan fingerprint density at radius 1 is 0.939 bits per heavy atom. The maximum Gasteiger partial charge on any atom is 0.414 e. The van der Waals surface area contributed by atoms with Crippen LogP contribution in [0.1, 0.15) is 49.7 Å². The molecule has 0 saturated heterocycles. The van der Waals surface area contributed by atoms with Gasteiger partial charge in [-0.25, -0.2) is 9.59 Å². The van der Waals surface area contributed by atoms with Crippen molar-refractivity contribution >= 4 is 11.9 Å². The molecular weight excluding hydrogens is 418 g/mol. The smallest absolute Gasteiger partial charge is 0.414 e. The number of ether oxygens (including phenoxy) is 1. The average Bonchev–Trinajstić information content (AvgIpc) is 2.82. The summed E-state index contributed by atoms with van der Waals surface area (Å²) in [4.78, 5) is 18.2. The van der Waals surface area contributed by atoms with Gasteiger partial charge in [0, 0.05) is 0 Å². The number of aryl methyl sites for hydroxylation is 1. The molecule has 33 heavy (non-hydrogen) atoms. The predicted octanol–water partition coefficient (Wildman–Crippen LogP) is 4.86. The number of aliphatic carboxylic acids is 2. The Bertz CT molecular complexity index is 867. The summed E-state index contributed by atoms with van der Waals surface area (Å²) in [7, 11) is 0. The Kier molecular flexibility index (Phi) is 11.2. The van der Waals surface area contributed by atoms with Crippen molar-refractivity contribution in [3.05, 3.63) is 77.9 Å². The lowest BCUT2D eigenvalue weighted by molar-refractivity contribution is -0.159. The molecule has 0 saturated carbocycles. The van der Waals surface area contributed by atoms with Gasteiger partial charge in [-0.1, -0.05) is 54.6 Å². The fourth-order valence-electron chi connectivity index (χ4n) is 4.03. The van der Waals surface area contributed by atoms with E-state index < -0.39 is 11.9 Å². The van der Waals surface area contributed by atoms with Crippen LogP contribution in [-0.2, 0) is 22.4 Å². The Hall–Kier alpha value is -3.12. The second-order valence-corrected chi connectivity index (χ2v) is 8.42. The fraction of sp³-hybridized carbons (Fsp3) is 0.407. The van der Waals surface area contributed by atoms with Gasteiger partial charge in [-0.2, -0.15) is 0 Å². The van der Waals surface area contributed by atoms with Gasteiger partial charge >= 0.3 is 11.9 Å². The number of nitrogens with two attached hydrogens (primary N) is 1. The van der Waals surface area contributed by atoms with Gasteiger partial charge in [-0.3, -0.25) is 0 Å². The molecule has 0 radical (unpaired) electrons. The van der Waals surface area contributed by atoms with E-state index in [-0.39, 0.29) is 5.41 Å². The van der Waals surface area contributed by atoms with Crippen LogP contribution in [0, 0.1) is 5.41 Å². The summed E-state index contributed by atoms with van der Waals surface area (Å²) < 4.78 is 6.10. The quantitative estimate of drug-likeness (QED) is 0.269. The van der Waals surface area contributed by atoms with Gasteiger partial charge in [0.05, 0.1) is 6.61 Å². The molecule has 1 atom stereocenters. The lowest BCUT2D eigenvalue weighted by Crippen LogP contribution is -2.26. The first-order valence-corrected chi connectivity index (χ1v) is 11.5. The van der Waals surface area contributed by atoms with Crippen molar-refractivity contribution in [2.45, 2.75) is 51.4 Å². The molecule has 178 valence electrons. The van der Waals surface area contributed by atoms with E-state index in [9.17, 15) is 0 Å². The van der Waals surface area contributed by atoms with Crippen LogP contribution in [0.15, 0.2) is 66.7 Å². The van der Waals surface area contributed by atoms with Crippen LogP contribution in [0.2, 0.25) is 0 Å². The van der Waals surface area contributed by atoms with Gasteiger partial charge < -0.3 is 20.7 Å². The number of carboxylic acids is 2. The van der Waals surface area contributed by atoms with Gasteiger partial charge in [-0.15, -0.1) is 0 Å². The molecule has 0 aromatic heterocycles. The molecule has 0 amide bonds. The predicted molar refractivity (Wildman–Crippen MR) is 129 cm³/mol. The molecule has 0 heterocycles. The molecule has 2 aromatic carbocycles. The third-order valence-electron chi connectivity index (χ3n) is 5.81. The topological polar surface area (TPSA) is 110 Å². The maximum atomic E-state index is 9.10. The van der Waals surface area contributed by atoms with E-state index in [4.69, 9.17) is 30.3 Å². The number of hydrogen-bond donors (Lipinski definition) is 3. The third kappa shape index (κ3) is 9.91. The van der Waals surface area contributed by atoms with Crippen molar-refractivity contribution in [2.75, 3.05) is 13.2 Å². The highest BCUT2D eigenvalue weighted by Gasteiger charge is 2.28. The minimum absolute atomic E-state index is 0.238. The average molecular weight is 454 g/mol. The summed E-state index contributed by atoms with van der Waals surface area (Å²) >= 11 is 0. The maximum absolute atomic E-state index is 9.10. The zero-order valence-electron chi connectivity index (χ0n) is 19.1. The van der Waals surface area contributed by atoms with Gasteiger partial charge in [-0.05, 0) is 86.6 Å². The lowest BCUT2D eigenvalue weighted by atomic mass is 9.72. The van der Waals surface area contributed by atoms with Crippen molar-refractivity contribution in [1.29, 1.82) is 0 Å². The Balaban J connectivity index is 0.000000569. The first kappa shape index (κ1) is 26.1. The summed E-state index contributed by atoms with van der Waals surface area (Å²) in [6.45, 7) is 1.55. The van der Waals surface area contributed by atoms with Crippen molar-refractivity contribution in [3.8, 4) is 5.75 Å². The van der Waals surface area contributed by atoms with Gasteiger partial charge in [0.2, 0.25) is 0 Å². The molecule has 3 rings (SSSR count). The number of hydrogen-bond acceptors (Lipinski definition) is 4. The van der Waals surface area contributed by atoms with Crippen molar-refractivity contribution < 1.29 is 24.5 Å². The van der Waals surface area contributed by atoms with Crippen LogP contribution in [0.25, 0.3) is 0 Å². The van der Waals surface area contributed by atoms with E-state index in [1.165, 1.54) is 30.4 Å². The summed E-state index contributed by atoms with van der Waals surface area (Å²) in [5, 5.41) is 14.8. The summed E-state index contributed by atoms with van der Waals surface area (Å²) in [5.41, 5.74) is 8.59. The van der Waals surface area contributed by atoms with E-state index in [2.05, 4.69) is 66.7 Å². The normalized spacial score (nSPS) is 17.0. The molecule has 1 unspecified atom stereocenters. The molecule has 1 aliphatic rings. The number of rotatable bonds is 10. The molecular formula is C27H35NO5. The van der Waals surface area contributed by atoms with Crippen LogP contribution < -0.4 is 10.5 Å². The second kappa shape index (κ2) is 14.1. The largest absolute Gasteiger partial charge is 0.494 e. The minimum atomic E-state index is -1.82. The van der Waals surface area contributed by atoms with Crippen molar-refractivity contribution in [1.82, 2.24) is 0 Å². The SMILES string of the molecule is NCCCCc1ccc(OCCC2(Cc3ccccc3)C=CCCC2)cc1.O=C(O)C(=O)O. The second-order valence-electron chi connectivity index (χ2n) is 8.42. The van der Waals surface area contributed by atoms with Crippen LogP contribution in [0.3, 0.4) is 0 Å². The zero-order chi connectivity index (χ0) is 23.9. The monoisotopic (exact) mass is 453 g/mol. The molecule has 6 heteroatoms. The Morgan fingerprint density at radius 3 is 2.21 bits per heavy atom. The van der Waals surface area contributed by atoms with Crippen molar-refractivity contribution in [3.63, 3.8) is 0 Å². The molecule has 1 aliphatic carbocycles. The standard InChI is InChI=1S/C25H33NO.C2H2O4/c26-19-8-5-9-22-12-14-24(15-13-22)27-20-18-25(16-6-2-7-17-25)21-23-10-3-1-4-11-23;3-1(4)2(5)6/h1,3-4,6,10-16H,2,5,7-9,17-21,26H2;(H,3,4)(H,5,6). The Morgan fingerprint density at radius 2 is 1.64 bits per heavy atom. The molecule has 0 spiro atoms. The zero-order valence-corrected chi connectivity index (χ0v) is 19.1. The number of benzene rings is 2. The first-order valence-electron chi connectivity index (χ1n) is 11.5. The molecule has 6 nitrogen and oxygen atoms in total. The van der Waals surface area contributed by atoms with Crippen LogP contribution in [0.4, 0.5) is 0 Å². The van der Waals surface area contributed by atoms with Gasteiger partial charge in [0.15, 0.2) is 0 Å². The summed E-state index contributed by atoms with van der Waals surface area (Å²) in [6.07, 6.45) is 14.1. The highest BCUT2D eigenvalue weighted by Crippen LogP contribution is 2.38. The summed E-state index contributed by atoms with van der Waals surface area (Å²) in [6, 6.07) is 19.5. The molecule has 0 aliphatic heterocycles. The van der Waals surface area contributed by atoms with E-state index in [0.29, 0.717) is 0 Å². The van der Waals surface area contributed by atoms with Gasteiger partial charge in [0.25, 0.3) is 0 Å². The van der Waals surface area contributed by atoms with Crippen LogP contribution in [-0.4, -0.2) is 35.3 Å². The van der Waals surface area contributed by atoms with E-state index in [0.717, 1.165) is 51.0 Å². The summed E-state index contributed by atoms with van der Waals surface area (Å²) in [5.74, 6) is -2.67. The van der Waals surface area contributed by atoms with Gasteiger partial charge in [0.1, 0.15) is 5.75 Å². The van der Waals surface area contributed by atoms with Crippen LogP contribution >= 0.6 is 0 Å². The minimum Gasteiger partial charge on any atom is -0.494 e. The molecule has 4 N–H and O–H groups in total. The lowest BCUT2D eigenvalue weighted by Gasteiger charge is -2.33. The molecule has 2 aromatic rings. The first-order chi connectivity index (χ1) is 15.9. The highest BCUT2D eigenvalue weighted by atomic mass is 16.5. The number of carboxylic acid groups (broad SMARTS) is 2. The van der Waals surface area contributed by atoms with E-state index in [1.54, 1.807) is 0 Å². The third-order valence-corrected chi connectivity index (χ3v) is 5.81. The van der Waals surface area contributed by atoms with E-state index >= 15 is 0 Å². The number of carbonyl (C=O) groups is 2. The fourth-order valence-corrected chi connectivity index (χ4v) is 4.03. The van der Waals surface area contributed by atoms with Crippen molar-refractivity contribution in [2.24, 2.45) is 11.1 Å². The highest BCUT2D eigenvalue weighted by molar-refractivity contribution is 6.27. The molecule has 0 fully saturated rings. The van der Waals surface area contributed by atoms with E-state index in [1.807, 2.05) is 0 Å². The number of unbranched alkanes of at least 4 members (excludes halogenated alkanes) is 1. The molecule has 0 bridgehead atoms. The number of allylic oxidation sites excluding steroid dienone is 2. The van der Waals surface area contributed by atoms with Crippen LogP contribution in [0.5, 0.6) is 5.75 Å².